The van der Waals surface area contributed by atoms with E-state index in [2.05, 4.69) is 48.4 Å². The molecule has 0 radical (unpaired) electrons. The molecule has 1 atom stereocenters. The van der Waals surface area contributed by atoms with Crippen LogP contribution in [0.1, 0.15) is 33.2 Å². The van der Waals surface area contributed by atoms with E-state index in [0.29, 0.717) is 12.6 Å². The Bertz CT molecular complexity index is 603. The van der Waals surface area contributed by atoms with Crippen molar-refractivity contribution in [2.45, 2.75) is 32.9 Å². The highest BCUT2D eigenvalue weighted by atomic mass is 32.1. The third-order valence-electron chi connectivity index (χ3n) is 4.42. The highest BCUT2D eigenvalue weighted by Crippen LogP contribution is 2.30. The second kappa shape index (κ2) is 5.68. The summed E-state index contributed by atoms with van der Waals surface area (Å²) in [5.74, 6) is 0. The minimum Gasteiger partial charge on any atom is -0.329 e. The molecule has 0 bridgehead atoms. The average Bonchev–Trinajstić information content (AvgIpc) is 2.91. The third kappa shape index (κ3) is 2.53. The Morgan fingerprint density at radius 1 is 1.25 bits per heavy atom. The monoisotopic (exact) mass is 286 g/mol. The van der Waals surface area contributed by atoms with Gasteiger partial charge in [-0.15, -0.1) is 11.3 Å². The van der Waals surface area contributed by atoms with E-state index in [1.165, 1.54) is 22.3 Å². The number of benzene rings is 1. The van der Waals surface area contributed by atoms with Crippen molar-refractivity contribution in [3.05, 3.63) is 56.8 Å². The van der Waals surface area contributed by atoms with Crippen LogP contribution in [-0.4, -0.2) is 18.0 Å². The summed E-state index contributed by atoms with van der Waals surface area (Å²) in [7, 11) is 0. The second-order valence-electron chi connectivity index (χ2n) is 5.68. The number of nitrogens with zero attached hydrogens (tertiary/aromatic N) is 1. The van der Waals surface area contributed by atoms with Crippen molar-refractivity contribution in [2.75, 3.05) is 13.1 Å². The van der Waals surface area contributed by atoms with Crippen LogP contribution in [-0.2, 0) is 13.0 Å². The summed E-state index contributed by atoms with van der Waals surface area (Å²) in [6, 6.07) is 9.36. The summed E-state index contributed by atoms with van der Waals surface area (Å²) in [6.45, 7) is 7.17. The van der Waals surface area contributed by atoms with Gasteiger partial charge in [0.2, 0.25) is 0 Å². The zero-order valence-corrected chi connectivity index (χ0v) is 13.0. The van der Waals surface area contributed by atoms with Gasteiger partial charge in [0, 0.05) is 30.6 Å². The van der Waals surface area contributed by atoms with E-state index >= 15 is 0 Å². The fourth-order valence-corrected chi connectivity index (χ4v) is 3.89. The van der Waals surface area contributed by atoms with Crippen LogP contribution in [0.2, 0.25) is 0 Å². The van der Waals surface area contributed by atoms with Gasteiger partial charge in [0.05, 0.1) is 0 Å². The van der Waals surface area contributed by atoms with E-state index in [9.17, 15) is 0 Å². The van der Waals surface area contributed by atoms with Crippen LogP contribution in [0.5, 0.6) is 0 Å². The molecule has 1 unspecified atom stereocenters. The summed E-state index contributed by atoms with van der Waals surface area (Å²) in [4.78, 5) is 4.08. The fraction of sp³-hybridized carbons (Fsp3) is 0.412. The molecule has 2 heterocycles. The zero-order valence-electron chi connectivity index (χ0n) is 12.2. The number of hydrogen-bond acceptors (Lipinski definition) is 3. The molecule has 0 spiro atoms. The smallest absolute Gasteiger partial charge is 0.0474 e. The Hall–Kier alpha value is -1.16. The maximum Gasteiger partial charge on any atom is 0.0474 e. The molecule has 0 saturated heterocycles. The minimum absolute atomic E-state index is 0.336. The third-order valence-corrected chi connectivity index (χ3v) is 5.44. The van der Waals surface area contributed by atoms with Gasteiger partial charge in [-0.3, -0.25) is 4.90 Å². The molecular formula is C17H22N2S. The maximum atomic E-state index is 6.08. The lowest BCUT2D eigenvalue weighted by Gasteiger charge is -2.34. The standard InChI is InChI=1S/C17H22N2S/c1-12-3-4-14(9-13(12)2)16(10-18)19-7-5-17-15(11-19)6-8-20-17/h3-4,6,8-9,16H,5,7,10-11,18H2,1-2H3. The Morgan fingerprint density at radius 2 is 2.10 bits per heavy atom. The molecule has 3 heteroatoms. The zero-order chi connectivity index (χ0) is 14.1. The van der Waals surface area contributed by atoms with E-state index < -0.39 is 0 Å². The molecule has 0 saturated carbocycles. The summed E-state index contributed by atoms with van der Waals surface area (Å²) < 4.78 is 0. The van der Waals surface area contributed by atoms with Crippen molar-refractivity contribution in [3.8, 4) is 0 Å². The molecule has 3 rings (SSSR count). The lowest BCUT2D eigenvalue weighted by molar-refractivity contribution is 0.185. The molecule has 1 aromatic carbocycles. The summed E-state index contributed by atoms with van der Waals surface area (Å²) in [5, 5.41) is 2.21. The molecule has 106 valence electrons. The highest BCUT2D eigenvalue weighted by molar-refractivity contribution is 7.10. The summed E-state index contributed by atoms with van der Waals surface area (Å²) >= 11 is 1.89. The average molecular weight is 286 g/mol. The molecule has 1 aromatic heterocycles. The van der Waals surface area contributed by atoms with Crippen molar-refractivity contribution < 1.29 is 0 Å². The first-order valence-electron chi connectivity index (χ1n) is 7.25. The van der Waals surface area contributed by atoms with Crippen molar-refractivity contribution in [1.82, 2.24) is 4.90 Å². The topological polar surface area (TPSA) is 29.3 Å². The Balaban J connectivity index is 1.85. The van der Waals surface area contributed by atoms with Crippen molar-refractivity contribution >= 4 is 11.3 Å². The van der Waals surface area contributed by atoms with Gasteiger partial charge in [-0.1, -0.05) is 18.2 Å². The number of thiophene rings is 1. The minimum atomic E-state index is 0.336. The van der Waals surface area contributed by atoms with Crippen LogP contribution >= 0.6 is 11.3 Å². The van der Waals surface area contributed by atoms with Crippen LogP contribution in [0, 0.1) is 13.8 Å². The molecule has 0 fully saturated rings. The van der Waals surface area contributed by atoms with Gasteiger partial charge in [0.15, 0.2) is 0 Å². The van der Waals surface area contributed by atoms with Crippen LogP contribution < -0.4 is 5.73 Å². The van der Waals surface area contributed by atoms with Gasteiger partial charge in [-0.25, -0.2) is 0 Å². The molecule has 0 amide bonds. The van der Waals surface area contributed by atoms with Gasteiger partial charge >= 0.3 is 0 Å². The molecule has 1 aliphatic rings. The van der Waals surface area contributed by atoms with Gasteiger partial charge in [0.1, 0.15) is 0 Å². The maximum absolute atomic E-state index is 6.08. The molecule has 20 heavy (non-hydrogen) atoms. The van der Waals surface area contributed by atoms with E-state index in [0.717, 1.165) is 19.5 Å². The lowest BCUT2D eigenvalue weighted by atomic mass is 9.98. The van der Waals surface area contributed by atoms with E-state index in [-0.39, 0.29) is 0 Å². The van der Waals surface area contributed by atoms with Crippen molar-refractivity contribution in [2.24, 2.45) is 5.73 Å². The SMILES string of the molecule is Cc1ccc(C(CN)N2CCc3sccc3C2)cc1C. The first kappa shape index (κ1) is 13.8. The number of rotatable bonds is 3. The van der Waals surface area contributed by atoms with E-state index in [4.69, 9.17) is 5.73 Å². The Morgan fingerprint density at radius 3 is 2.85 bits per heavy atom. The highest BCUT2D eigenvalue weighted by Gasteiger charge is 2.24. The normalized spacial score (nSPS) is 16.9. The van der Waals surface area contributed by atoms with E-state index in [1.807, 2.05) is 11.3 Å². The van der Waals surface area contributed by atoms with Crippen LogP contribution in [0.25, 0.3) is 0 Å². The molecule has 1 aliphatic heterocycles. The van der Waals surface area contributed by atoms with Crippen LogP contribution in [0.4, 0.5) is 0 Å². The van der Waals surface area contributed by atoms with Gasteiger partial charge in [-0.05, 0) is 54.0 Å². The molecule has 2 N–H and O–H groups in total. The van der Waals surface area contributed by atoms with Gasteiger partial charge < -0.3 is 5.73 Å². The molecule has 2 aromatic rings. The summed E-state index contributed by atoms with van der Waals surface area (Å²) in [5.41, 5.74) is 11.6. The number of fused-ring (bicyclic) bond motifs is 1. The predicted molar refractivity (Wildman–Crippen MR) is 86.1 cm³/mol. The first-order chi connectivity index (χ1) is 9.69. The first-order valence-corrected chi connectivity index (χ1v) is 8.13. The number of nitrogens with two attached hydrogens (primary N) is 1. The van der Waals surface area contributed by atoms with Crippen LogP contribution in [0.3, 0.4) is 0 Å². The second-order valence-corrected chi connectivity index (χ2v) is 6.69. The predicted octanol–water partition coefficient (Wildman–Crippen LogP) is 3.42. The lowest BCUT2D eigenvalue weighted by Crippen LogP contribution is -2.37. The van der Waals surface area contributed by atoms with Gasteiger partial charge in [0.25, 0.3) is 0 Å². The quantitative estimate of drug-likeness (QED) is 0.936. The Kier molecular flexibility index (Phi) is 3.92. The van der Waals surface area contributed by atoms with E-state index in [1.54, 1.807) is 4.88 Å². The number of hydrogen-bond donors (Lipinski definition) is 1. The molecule has 2 nitrogen and oxygen atoms in total. The number of aryl methyl sites for hydroxylation is 2. The van der Waals surface area contributed by atoms with Crippen molar-refractivity contribution in [3.63, 3.8) is 0 Å². The van der Waals surface area contributed by atoms with Crippen LogP contribution in [0.15, 0.2) is 29.6 Å². The fourth-order valence-electron chi connectivity index (χ4n) is 3.00. The summed E-state index contributed by atoms with van der Waals surface area (Å²) in [6.07, 6.45) is 1.16. The van der Waals surface area contributed by atoms with Gasteiger partial charge in [-0.2, -0.15) is 0 Å². The molecule has 0 aliphatic carbocycles. The Labute approximate surface area is 125 Å². The van der Waals surface area contributed by atoms with Crippen molar-refractivity contribution in [1.29, 1.82) is 0 Å². The largest absolute Gasteiger partial charge is 0.329 e. The molecular weight excluding hydrogens is 264 g/mol.